The van der Waals surface area contributed by atoms with E-state index in [9.17, 15) is 4.79 Å². The fraction of sp³-hybridized carbons (Fsp3) is 0.100. The van der Waals surface area contributed by atoms with Crippen LogP contribution in [0.25, 0.3) is 123 Å². The fourth-order valence-electron chi connectivity index (χ4n) is 8.73. The van der Waals surface area contributed by atoms with Gasteiger partial charge in [-0.1, -0.05) is 38.1 Å². The number of imidazole rings is 2. The smallest absolute Gasteiger partial charge is 0.224 e. The lowest BCUT2D eigenvalue weighted by Gasteiger charge is -2.12. The molecule has 0 atom stereocenters. The number of hydrogen-bond acceptors (Lipinski definition) is 11. The average molecular weight is 936 g/mol. The van der Waals surface area contributed by atoms with Crippen LogP contribution in [0.15, 0.2) is 107 Å². The molecule has 10 aromatic heterocycles. The number of amides is 1. The van der Waals surface area contributed by atoms with E-state index >= 15 is 8.78 Å². The third-order valence-electron chi connectivity index (χ3n) is 11.9. The minimum atomic E-state index is -0.648. The van der Waals surface area contributed by atoms with Crippen LogP contribution in [-0.2, 0) is 4.79 Å². The minimum Gasteiger partial charge on any atom is -0.337 e. The van der Waals surface area contributed by atoms with Gasteiger partial charge >= 0.3 is 0 Å². The number of carbonyl (C=O) groups excluding carboxylic acids is 1. The number of aryl methyl sites for hydroxylation is 1. The van der Waals surface area contributed by atoms with Gasteiger partial charge in [0.05, 0.1) is 67.6 Å². The molecule has 12 aromatic rings. The molecule has 0 saturated heterocycles. The van der Waals surface area contributed by atoms with Gasteiger partial charge in [0, 0.05) is 63.8 Å². The number of benzene rings is 2. The highest BCUT2D eigenvalue weighted by atomic mass is 32.1. The zero-order chi connectivity index (χ0) is 46.2. The number of pyridine rings is 4. The topological polar surface area (TPSA) is 195 Å². The summed E-state index contributed by atoms with van der Waals surface area (Å²) in [4.78, 5) is 47.8. The van der Waals surface area contributed by atoms with E-state index in [-0.39, 0.29) is 45.4 Å². The molecule has 0 fully saturated rings. The molecule has 0 aliphatic rings. The number of anilines is 1. The van der Waals surface area contributed by atoms with Gasteiger partial charge in [0.25, 0.3) is 0 Å². The van der Waals surface area contributed by atoms with E-state index in [1.165, 1.54) is 23.7 Å². The van der Waals surface area contributed by atoms with Crippen molar-refractivity contribution >= 4 is 78.1 Å². The minimum absolute atomic E-state index is 0.00197. The van der Waals surface area contributed by atoms with Gasteiger partial charge in [-0.05, 0) is 70.4 Å². The maximum Gasteiger partial charge on any atom is 0.224 e. The molecule has 10 heterocycles. The number of nitrogens with zero attached hydrogens (tertiary/aromatic N) is 8. The van der Waals surface area contributed by atoms with E-state index in [0.29, 0.717) is 68.2 Å². The van der Waals surface area contributed by atoms with Gasteiger partial charge in [0.1, 0.15) is 22.8 Å². The molecule has 0 bridgehead atoms. The molecular weight excluding hydrogens is 901 g/mol. The summed E-state index contributed by atoms with van der Waals surface area (Å²) in [5.41, 5.74) is 10.9. The Balaban J connectivity index is 1.02. The number of H-pyrrole nitrogens is 4. The van der Waals surface area contributed by atoms with Crippen LogP contribution in [0, 0.1) is 24.5 Å². The predicted molar refractivity (Wildman–Crippen MR) is 263 cm³/mol. The highest BCUT2D eigenvalue weighted by Crippen LogP contribution is 2.44. The van der Waals surface area contributed by atoms with Crippen molar-refractivity contribution in [3.05, 3.63) is 124 Å². The molecule has 5 N–H and O–H groups in total. The van der Waals surface area contributed by atoms with Gasteiger partial charge in [-0.15, -0.1) is 0 Å². The van der Waals surface area contributed by atoms with E-state index in [0.717, 1.165) is 38.9 Å². The molecule has 0 unspecified atom stereocenters. The summed E-state index contributed by atoms with van der Waals surface area (Å²) in [6.45, 7) is 5.80. The van der Waals surface area contributed by atoms with Gasteiger partial charge in [-0.3, -0.25) is 29.9 Å². The van der Waals surface area contributed by atoms with Gasteiger partial charge in [-0.25, -0.2) is 23.7 Å². The van der Waals surface area contributed by atoms with Crippen LogP contribution < -0.4 is 5.32 Å². The Morgan fingerprint density at radius 1 is 0.662 bits per heavy atom. The third kappa shape index (κ3) is 6.82. The molecule has 1 amide bonds. The van der Waals surface area contributed by atoms with E-state index in [1.54, 1.807) is 36.0 Å². The van der Waals surface area contributed by atoms with Crippen molar-refractivity contribution in [1.82, 2.24) is 60.3 Å². The number of para-hydroxylation sites is 2. The third-order valence-corrected chi connectivity index (χ3v) is 13.3. The summed E-state index contributed by atoms with van der Waals surface area (Å²) in [6.07, 6.45) is 8.15. The van der Waals surface area contributed by atoms with Crippen molar-refractivity contribution in [2.45, 2.75) is 27.2 Å². The van der Waals surface area contributed by atoms with E-state index in [2.05, 4.69) is 50.9 Å². The lowest BCUT2D eigenvalue weighted by Crippen LogP contribution is -2.14. The number of rotatable bonds is 10. The average Bonchev–Trinajstić information content (AvgIpc) is 4.19. The molecule has 0 saturated carbocycles. The summed E-state index contributed by atoms with van der Waals surface area (Å²) >= 11 is 3.04. The van der Waals surface area contributed by atoms with Crippen LogP contribution in [0.4, 0.5) is 14.5 Å². The number of halogens is 2. The summed E-state index contributed by atoms with van der Waals surface area (Å²) in [6, 6.07) is 17.1. The SMILES string of the molecule is Cc1ccncc1-c1ncc2[nH]nc(-c3nc4c(-c5cscc5-c5nc(-c6cncc(NC(=O)CC(C)C)c6)c(F)c6c(-c7nc8c(-c9ccsc9)cccc8[nH]7)n[nH]c56)cccc4[nH]3)c2c1F. The number of aromatic nitrogens is 12. The molecule has 0 aliphatic carbocycles. The Morgan fingerprint density at radius 3 is 2.16 bits per heavy atom. The molecule has 68 heavy (non-hydrogen) atoms. The summed E-state index contributed by atoms with van der Waals surface area (Å²) < 4.78 is 34.1. The molecule has 18 heteroatoms. The van der Waals surface area contributed by atoms with Crippen LogP contribution in [-0.4, -0.2) is 66.2 Å². The Morgan fingerprint density at radius 2 is 1.40 bits per heavy atom. The monoisotopic (exact) mass is 935 g/mol. The first kappa shape index (κ1) is 41.1. The predicted octanol–water partition coefficient (Wildman–Crippen LogP) is 12.1. The first-order valence-corrected chi connectivity index (χ1v) is 23.4. The molecule has 14 nitrogen and oxygen atoms in total. The number of hydrogen-bond donors (Lipinski definition) is 5. The Bertz CT molecular complexity index is 3940. The summed E-state index contributed by atoms with van der Waals surface area (Å²) in [7, 11) is 0. The first-order valence-electron chi connectivity index (χ1n) is 21.5. The molecular formula is C50H35F2N13OS2. The highest BCUT2D eigenvalue weighted by Gasteiger charge is 2.28. The van der Waals surface area contributed by atoms with Gasteiger partial charge in [-0.2, -0.15) is 32.9 Å². The summed E-state index contributed by atoms with van der Waals surface area (Å²) in [5, 5.41) is 26.6. The number of aromatic amines is 4. The molecule has 12 rings (SSSR count). The Kier molecular flexibility index (Phi) is 9.80. The summed E-state index contributed by atoms with van der Waals surface area (Å²) in [5.74, 6) is -0.535. The second-order valence-electron chi connectivity index (χ2n) is 16.8. The van der Waals surface area contributed by atoms with Crippen LogP contribution in [0.3, 0.4) is 0 Å². The van der Waals surface area contributed by atoms with E-state index in [1.807, 2.05) is 85.4 Å². The lowest BCUT2D eigenvalue weighted by atomic mass is 9.98. The molecule has 0 aliphatic heterocycles. The van der Waals surface area contributed by atoms with Crippen LogP contribution in [0.1, 0.15) is 25.8 Å². The molecule has 0 spiro atoms. The largest absolute Gasteiger partial charge is 0.337 e. The van der Waals surface area contributed by atoms with Crippen LogP contribution >= 0.6 is 22.7 Å². The van der Waals surface area contributed by atoms with Crippen molar-refractivity contribution < 1.29 is 13.6 Å². The molecule has 2 aromatic carbocycles. The zero-order valence-electron chi connectivity index (χ0n) is 36.2. The van der Waals surface area contributed by atoms with Crippen molar-refractivity contribution in [2.75, 3.05) is 5.32 Å². The van der Waals surface area contributed by atoms with Gasteiger partial charge in [0.15, 0.2) is 23.3 Å². The molecule has 332 valence electrons. The highest BCUT2D eigenvalue weighted by molar-refractivity contribution is 7.09. The van der Waals surface area contributed by atoms with Gasteiger partial charge in [0.2, 0.25) is 5.91 Å². The number of nitrogens with one attached hydrogen (secondary N) is 5. The maximum atomic E-state index is 17.6. The number of thiophene rings is 2. The van der Waals surface area contributed by atoms with Crippen molar-refractivity contribution in [3.8, 4) is 79.1 Å². The number of carbonyl (C=O) groups is 1. The normalized spacial score (nSPS) is 11.9. The van der Waals surface area contributed by atoms with E-state index in [4.69, 9.17) is 20.1 Å². The first-order chi connectivity index (χ1) is 33.2. The second kappa shape index (κ2) is 16.2. The maximum absolute atomic E-state index is 17.6. The van der Waals surface area contributed by atoms with Crippen LogP contribution in [0.5, 0.6) is 0 Å². The molecule has 0 radical (unpaired) electrons. The fourth-order valence-corrected chi connectivity index (χ4v) is 10.2. The van der Waals surface area contributed by atoms with Crippen molar-refractivity contribution in [1.29, 1.82) is 0 Å². The number of fused-ring (bicyclic) bond motifs is 4. The lowest BCUT2D eigenvalue weighted by molar-refractivity contribution is -0.116. The zero-order valence-corrected chi connectivity index (χ0v) is 37.9. The quantitative estimate of drug-likeness (QED) is 0.0886. The van der Waals surface area contributed by atoms with Crippen LogP contribution in [0.2, 0.25) is 0 Å². The van der Waals surface area contributed by atoms with Gasteiger partial charge < -0.3 is 15.3 Å². The Hall–Kier alpha value is -8.35. The van der Waals surface area contributed by atoms with Crippen molar-refractivity contribution in [2.24, 2.45) is 5.92 Å². The second-order valence-corrected chi connectivity index (χ2v) is 18.3. The van der Waals surface area contributed by atoms with E-state index < -0.39 is 11.6 Å². The standard InChI is InChI=1S/C50H35F2N13OS2/c1-23(2)14-36(66)56-27-15-26(16-54-17-27)41-40(52)38-46(63-65-48(38)50-57-33-8-4-6-28(42(33)60-50)25-11-13-67-20-25)45(59-41)32-22-68-21-31(32)29-7-5-9-34-43(29)61-49(58-34)47-37-35(62-64-47)19-55-44(39(37)51)30-18-53-12-10-24(30)3/h4-13,15-23H,14H2,1-3H3,(H,56,66)(H,57,60)(H,58,61)(H,62,64)(H,63,65). The Labute approximate surface area is 392 Å². The van der Waals surface area contributed by atoms with Crippen molar-refractivity contribution in [3.63, 3.8) is 0 Å².